The fourth-order valence-electron chi connectivity index (χ4n) is 1.77. The molecule has 0 saturated carbocycles. The minimum absolute atomic E-state index is 0.667. The van der Waals surface area contributed by atoms with Gasteiger partial charge in [0.1, 0.15) is 5.69 Å². The SMILES string of the molecule is CCCNc1nccc(-c2nccn2CCC)n1. The lowest BCUT2D eigenvalue weighted by Crippen LogP contribution is -2.06. The predicted octanol–water partition coefficient (Wildman–Crippen LogP) is 2.57. The second-order valence-corrected chi connectivity index (χ2v) is 4.14. The summed E-state index contributed by atoms with van der Waals surface area (Å²) in [6, 6.07) is 1.89. The van der Waals surface area contributed by atoms with Crippen LogP contribution in [-0.4, -0.2) is 26.1 Å². The number of nitrogens with zero attached hydrogens (tertiary/aromatic N) is 4. The van der Waals surface area contributed by atoms with Gasteiger partial charge in [-0.3, -0.25) is 0 Å². The van der Waals surface area contributed by atoms with Crippen LogP contribution in [0.25, 0.3) is 11.5 Å². The van der Waals surface area contributed by atoms with Gasteiger partial charge in [0.15, 0.2) is 5.82 Å². The quantitative estimate of drug-likeness (QED) is 0.849. The first-order valence-corrected chi connectivity index (χ1v) is 6.43. The zero-order valence-corrected chi connectivity index (χ0v) is 10.9. The summed E-state index contributed by atoms with van der Waals surface area (Å²) in [5, 5.41) is 3.19. The first kappa shape index (κ1) is 12.5. The highest BCUT2D eigenvalue weighted by molar-refractivity contribution is 5.51. The topological polar surface area (TPSA) is 55.6 Å². The molecule has 0 aliphatic carbocycles. The summed E-state index contributed by atoms with van der Waals surface area (Å²) in [6.45, 7) is 6.10. The summed E-state index contributed by atoms with van der Waals surface area (Å²) in [5.74, 6) is 1.57. The molecular formula is C13H19N5. The number of aryl methyl sites for hydroxylation is 1. The molecule has 0 amide bonds. The molecular weight excluding hydrogens is 226 g/mol. The lowest BCUT2D eigenvalue weighted by atomic mass is 10.3. The van der Waals surface area contributed by atoms with Crippen molar-refractivity contribution in [3.8, 4) is 11.5 Å². The van der Waals surface area contributed by atoms with Gasteiger partial charge in [0.2, 0.25) is 5.95 Å². The van der Waals surface area contributed by atoms with Crippen LogP contribution in [0, 0.1) is 0 Å². The van der Waals surface area contributed by atoms with Crippen LogP contribution in [0.15, 0.2) is 24.7 Å². The van der Waals surface area contributed by atoms with Crippen LogP contribution in [0.5, 0.6) is 0 Å². The molecule has 2 aromatic heterocycles. The van der Waals surface area contributed by atoms with Crippen LogP contribution < -0.4 is 5.32 Å². The molecule has 0 saturated heterocycles. The van der Waals surface area contributed by atoms with E-state index in [2.05, 4.69) is 38.7 Å². The zero-order valence-electron chi connectivity index (χ0n) is 10.9. The highest BCUT2D eigenvalue weighted by Crippen LogP contribution is 2.16. The van der Waals surface area contributed by atoms with Crippen molar-refractivity contribution in [3.05, 3.63) is 24.7 Å². The van der Waals surface area contributed by atoms with Crippen molar-refractivity contribution < 1.29 is 0 Å². The van der Waals surface area contributed by atoms with Crippen LogP contribution in [0.2, 0.25) is 0 Å². The molecule has 0 spiro atoms. The van der Waals surface area contributed by atoms with Crippen molar-refractivity contribution in [2.45, 2.75) is 33.2 Å². The predicted molar refractivity (Wildman–Crippen MR) is 72.3 cm³/mol. The van der Waals surface area contributed by atoms with Crippen LogP contribution in [0.1, 0.15) is 26.7 Å². The molecule has 0 atom stereocenters. The smallest absolute Gasteiger partial charge is 0.223 e. The van der Waals surface area contributed by atoms with Crippen molar-refractivity contribution in [1.82, 2.24) is 19.5 Å². The fraction of sp³-hybridized carbons (Fsp3) is 0.462. The van der Waals surface area contributed by atoms with Gasteiger partial charge in [-0.15, -0.1) is 0 Å². The molecule has 5 heteroatoms. The summed E-state index contributed by atoms with van der Waals surface area (Å²) < 4.78 is 2.12. The molecule has 0 aromatic carbocycles. The minimum atomic E-state index is 0.667. The zero-order chi connectivity index (χ0) is 12.8. The maximum absolute atomic E-state index is 4.49. The van der Waals surface area contributed by atoms with Crippen LogP contribution >= 0.6 is 0 Å². The molecule has 2 rings (SSSR count). The van der Waals surface area contributed by atoms with Crippen LogP contribution in [0.3, 0.4) is 0 Å². The maximum atomic E-state index is 4.49. The Bertz CT molecular complexity index is 492. The van der Waals surface area contributed by atoms with E-state index in [0.29, 0.717) is 5.95 Å². The largest absolute Gasteiger partial charge is 0.354 e. The van der Waals surface area contributed by atoms with E-state index in [1.54, 1.807) is 6.20 Å². The van der Waals surface area contributed by atoms with E-state index >= 15 is 0 Å². The van der Waals surface area contributed by atoms with Gasteiger partial charge in [-0.25, -0.2) is 15.0 Å². The van der Waals surface area contributed by atoms with Gasteiger partial charge in [-0.2, -0.15) is 0 Å². The second-order valence-electron chi connectivity index (χ2n) is 4.14. The summed E-state index contributed by atoms with van der Waals surface area (Å²) in [4.78, 5) is 13.1. The normalized spacial score (nSPS) is 10.6. The Kier molecular flexibility index (Phi) is 4.28. The van der Waals surface area contributed by atoms with Gasteiger partial charge < -0.3 is 9.88 Å². The second kappa shape index (κ2) is 6.14. The molecule has 0 radical (unpaired) electrons. The van der Waals surface area contributed by atoms with Gasteiger partial charge >= 0.3 is 0 Å². The first-order valence-electron chi connectivity index (χ1n) is 6.43. The molecule has 1 N–H and O–H groups in total. The first-order chi connectivity index (χ1) is 8.85. The number of imidazole rings is 1. The molecule has 0 aliphatic rings. The van der Waals surface area contributed by atoms with Crippen LogP contribution in [-0.2, 0) is 6.54 Å². The Morgan fingerprint density at radius 2 is 2.06 bits per heavy atom. The standard InChI is InChI=1S/C13H19N5/c1-3-6-15-13-16-7-5-11(17-13)12-14-8-10-18(12)9-4-2/h5,7-8,10H,3-4,6,9H2,1-2H3,(H,15,16,17). The van der Waals surface area contributed by atoms with Gasteiger partial charge in [0.05, 0.1) is 0 Å². The van der Waals surface area contributed by atoms with E-state index < -0.39 is 0 Å². The molecule has 2 heterocycles. The van der Waals surface area contributed by atoms with E-state index in [0.717, 1.165) is 37.4 Å². The number of rotatable bonds is 6. The Hall–Kier alpha value is -1.91. The van der Waals surface area contributed by atoms with Crippen LogP contribution in [0.4, 0.5) is 5.95 Å². The molecule has 0 bridgehead atoms. The summed E-state index contributed by atoms with van der Waals surface area (Å²) in [7, 11) is 0. The highest BCUT2D eigenvalue weighted by atomic mass is 15.1. The van der Waals surface area contributed by atoms with Gasteiger partial charge in [0, 0.05) is 31.7 Å². The van der Waals surface area contributed by atoms with Gasteiger partial charge in [-0.05, 0) is 18.9 Å². The highest BCUT2D eigenvalue weighted by Gasteiger charge is 2.07. The van der Waals surface area contributed by atoms with Crippen molar-refractivity contribution >= 4 is 5.95 Å². The lowest BCUT2D eigenvalue weighted by molar-refractivity contribution is 0.684. The van der Waals surface area contributed by atoms with Crippen molar-refractivity contribution in [2.24, 2.45) is 0 Å². The summed E-state index contributed by atoms with van der Waals surface area (Å²) in [5.41, 5.74) is 0.863. The van der Waals surface area contributed by atoms with E-state index in [-0.39, 0.29) is 0 Å². The Morgan fingerprint density at radius 3 is 2.83 bits per heavy atom. The van der Waals surface area contributed by atoms with Gasteiger partial charge in [-0.1, -0.05) is 13.8 Å². The van der Waals surface area contributed by atoms with E-state index in [1.165, 1.54) is 0 Å². The average molecular weight is 245 g/mol. The van der Waals surface area contributed by atoms with Crippen molar-refractivity contribution in [3.63, 3.8) is 0 Å². The van der Waals surface area contributed by atoms with Crippen molar-refractivity contribution in [2.75, 3.05) is 11.9 Å². The summed E-state index contributed by atoms with van der Waals surface area (Å²) >= 11 is 0. The molecule has 96 valence electrons. The van der Waals surface area contributed by atoms with E-state index in [4.69, 9.17) is 0 Å². The number of anilines is 1. The molecule has 0 unspecified atom stereocenters. The Balaban J connectivity index is 2.24. The fourth-order valence-corrected chi connectivity index (χ4v) is 1.77. The average Bonchev–Trinajstić information content (AvgIpc) is 2.85. The third-order valence-corrected chi connectivity index (χ3v) is 2.60. The Labute approximate surface area is 107 Å². The van der Waals surface area contributed by atoms with Crippen molar-refractivity contribution in [1.29, 1.82) is 0 Å². The number of hydrogen-bond donors (Lipinski definition) is 1. The molecule has 0 aliphatic heterocycles. The van der Waals surface area contributed by atoms with Gasteiger partial charge in [0.25, 0.3) is 0 Å². The molecule has 5 nitrogen and oxygen atoms in total. The molecule has 2 aromatic rings. The number of nitrogens with one attached hydrogen (secondary N) is 1. The summed E-state index contributed by atoms with van der Waals surface area (Å²) in [6.07, 6.45) is 7.70. The third-order valence-electron chi connectivity index (χ3n) is 2.60. The molecule has 18 heavy (non-hydrogen) atoms. The lowest BCUT2D eigenvalue weighted by Gasteiger charge is -2.07. The Morgan fingerprint density at radius 1 is 1.17 bits per heavy atom. The maximum Gasteiger partial charge on any atom is 0.223 e. The van der Waals surface area contributed by atoms with E-state index in [1.807, 2.05) is 18.5 Å². The minimum Gasteiger partial charge on any atom is -0.354 e. The number of hydrogen-bond acceptors (Lipinski definition) is 4. The molecule has 0 fully saturated rings. The monoisotopic (exact) mass is 245 g/mol. The van der Waals surface area contributed by atoms with E-state index in [9.17, 15) is 0 Å². The third kappa shape index (κ3) is 2.85. The number of aromatic nitrogens is 4.